The summed E-state index contributed by atoms with van der Waals surface area (Å²) < 4.78 is 5.21. The second kappa shape index (κ2) is 4.12. The lowest BCUT2D eigenvalue weighted by molar-refractivity contribution is 0.0658. The molecule has 6 heteroatoms. The lowest BCUT2D eigenvalue weighted by atomic mass is 10.2. The van der Waals surface area contributed by atoms with Gasteiger partial charge in [0.2, 0.25) is 5.76 Å². The molecule has 92 valence electrons. The molecule has 17 heavy (non-hydrogen) atoms. The third-order valence-electron chi connectivity index (χ3n) is 2.81. The van der Waals surface area contributed by atoms with Gasteiger partial charge < -0.3 is 19.3 Å². The van der Waals surface area contributed by atoms with E-state index >= 15 is 0 Å². The normalized spacial score (nSPS) is 15.8. The van der Waals surface area contributed by atoms with Crippen LogP contribution in [0.1, 0.15) is 21.9 Å². The fourth-order valence-corrected chi connectivity index (χ4v) is 1.88. The maximum atomic E-state index is 11.6. The second-order valence-corrected chi connectivity index (χ2v) is 4.16. The highest BCUT2D eigenvalue weighted by atomic mass is 16.4. The van der Waals surface area contributed by atoms with Gasteiger partial charge >= 0.3 is 12.0 Å². The summed E-state index contributed by atoms with van der Waals surface area (Å²) in [4.78, 5) is 25.7. The molecule has 0 bridgehead atoms. The second-order valence-electron chi connectivity index (χ2n) is 4.16. The molecule has 2 amide bonds. The number of carbonyl (C=O) groups excluding carboxylic acids is 1. The van der Waals surface area contributed by atoms with E-state index in [9.17, 15) is 9.59 Å². The van der Waals surface area contributed by atoms with Crippen molar-refractivity contribution >= 4 is 12.0 Å². The number of furan rings is 1. The van der Waals surface area contributed by atoms with Crippen LogP contribution in [0.15, 0.2) is 10.5 Å². The Labute approximate surface area is 98.4 Å². The first kappa shape index (κ1) is 11.5. The molecule has 2 heterocycles. The van der Waals surface area contributed by atoms with E-state index in [-0.39, 0.29) is 11.8 Å². The molecule has 1 aliphatic rings. The standard InChI is InChI=1S/C11H14N2O4/c1-7-5-8(17-9(7)10(14)15)6-13-4-3-12(2)11(13)16/h5H,3-4,6H2,1-2H3,(H,14,15). The number of carboxylic acids is 1. The minimum absolute atomic E-state index is 0.0556. The minimum Gasteiger partial charge on any atom is -0.475 e. The number of hydrogen-bond donors (Lipinski definition) is 1. The fourth-order valence-electron chi connectivity index (χ4n) is 1.88. The Morgan fingerprint density at radius 1 is 1.53 bits per heavy atom. The summed E-state index contributed by atoms with van der Waals surface area (Å²) in [7, 11) is 1.73. The van der Waals surface area contributed by atoms with E-state index in [0.717, 1.165) is 0 Å². The summed E-state index contributed by atoms with van der Waals surface area (Å²) in [5.41, 5.74) is 0.576. The molecule has 0 radical (unpaired) electrons. The molecule has 0 atom stereocenters. The quantitative estimate of drug-likeness (QED) is 0.857. The van der Waals surface area contributed by atoms with Crippen molar-refractivity contribution in [2.45, 2.75) is 13.5 Å². The molecule has 1 fully saturated rings. The van der Waals surface area contributed by atoms with Crippen LogP contribution in [-0.2, 0) is 6.54 Å². The minimum atomic E-state index is -1.08. The van der Waals surface area contributed by atoms with Crippen LogP contribution in [0, 0.1) is 6.92 Å². The average Bonchev–Trinajstić information content (AvgIpc) is 2.76. The van der Waals surface area contributed by atoms with Crippen molar-refractivity contribution in [1.29, 1.82) is 0 Å². The van der Waals surface area contributed by atoms with E-state index < -0.39 is 5.97 Å². The molecule has 1 aromatic heterocycles. The van der Waals surface area contributed by atoms with Crippen LogP contribution in [0.4, 0.5) is 4.79 Å². The Bertz CT molecular complexity index is 466. The van der Waals surface area contributed by atoms with Crippen LogP contribution >= 0.6 is 0 Å². The zero-order valence-corrected chi connectivity index (χ0v) is 9.77. The van der Waals surface area contributed by atoms with E-state index in [0.29, 0.717) is 31.0 Å². The first-order valence-electron chi connectivity index (χ1n) is 5.31. The van der Waals surface area contributed by atoms with Gasteiger partial charge in [-0.2, -0.15) is 0 Å². The molecule has 1 aromatic rings. The number of aryl methyl sites for hydroxylation is 1. The van der Waals surface area contributed by atoms with Crippen molar-refractivity contribution in [2.24, 2.45) is 0 Å². The first-order chi connectivity index (χ1) is 7.99. The smallest absolute Gasteiger partial charge is 0.372 e. The van der Waals surface area contributed by atoms with Crippen LogP contribution in [-0.4, -0.2) is 47.0 Å². The number of hydrogen-bond acceptors (Lipinski definition) is 3. The Morgan fingerprint density at radius 3 is 2.71 bits per heavy atom. The van der Waals surface area contributed by atoms with Gasteiger partial charge in [-0.3, -0.25) is 0 Å². The number of carboxylic acid groups (broad SMARTS) is 1. The third-order valence-corrected chi connectivity index (χ3v) is 2.81. The Balaban J connectivity index is 2.12. The summed E-state index contributed by atoms with van der Waals surface area (Å²) >= 11 is 0. The van der Waals surface area contributed by atoms with Crippen molar-refractivity contribution in [3.63, 3.8) is 0 Å². The Hall–Kier alpha value is -1.98. The molecule has 1 N–H and O–H groups in total. The van der Waals surface area contributed by atoms with Crippen LogP contribution in [0.2, 0.25) is 0 Å². The number of carbonyl (C=O) groups is 2. The van der Waals surface area contributed by atoms with Crippen LogP contribution in [0.3, 0.4) is 0 Å². The highest BCUT2D eigenvalue weighted by molar-refractivity contribution is 5.86. The molecule has 0 saturated carbocycles. The van der Waals surface area contributed by atoms with Crippen LogP contribution < -0.4 is 0 Å². The molecule has 0 spiro atoms. The van der Waals surface area contributed by atoms with Gasteiger partial charge in [-0.15, -0.1) is 0 Å². The van der Waals surface area contributed by atoms with Gasteiger partial charge in [0.25, 0.3) is 0 Å². The zero-order valence-electron chi connectivity index (χ0n) is 9.77. The lowest BCUT2D eigenvalue weighted by Gasteiger charge is -2.13. The molecule has 1 saturated heterocycles. The van der Waals surface area contributed by atoms with Gasteiger partial charge in [0.05, 0.1) is 6.54 Å². The number of rotatable bonds is 3. The van der Waals surface area contributed by atoms with Crippen molar-refractivity contribution in [3.05, 3.63) is 23.2 Å². The number of urea groups is 1. The lowest BCUT2D eigenvalue weighted by Crippen LogP contribution is -2.28. The number of likely N-dealkylation sites (N-methyl/N-ethyl adjacent to an activating group) is 1. The summed E-state index contributed by atoms with van der Waals surface area (Å²) in [5.74, 6) is -0.637. The SMILES string of the molecule is Cc1cc(CN2CCN(C)C2=O)oc1C(=O)O. The molecule has 2 rings (SSSR count). The molecule has 0 unspecified atom stereocenters. The van der Waals surface area contributed by atoms with Gasteiger partial charge in [0, 0.05) is 25.7 Å². The predicted octanol–water partition coefficient (Wildman–Crippen LogP) is 1.15. The van der Waals surface area contributed by atoms with Crippen molar-refractivity contribution < 1.29 is 19.1 Å². The van der Waals surface area contributed by atoms with Crippen molar-refractivity contribution in [3.8, 4) is 0 Å². The maximum Gasteiger partial charge on any atom is 0.372 e. The molecule has 1 aliphatic heterocycles. The summed E-state index contributed by atoms with van der Waals surface area (Å²) in [6, 6.07) is 1.60. The molecular weight excluding hydrogens is 224 g/mol. The summed E-state index contributed by atoms with van der Waals surface area (Å²) in [6.07, 6.45) is 0. The van der Waals surface area contributed by atoms with Gasteiger partial charge in [-0.1, -0.05) is 0 Å². The highest BCUT2D eigenvalue weighted by Crippen LogP contribution is 2.18. The molecule has 0 aliphatic carbocycles. The van der Waals surface area contributed by atoms with E-state index in [4.69, 9.17) is 9.52 Å². The van der Waals surface area contributed by atoms with E-state index in [2.05, 4.69) is 0 Å². The number of aromatic carboxylic acids is 1. The Morgan fingerprint density at radius 2 is 2.24 bits per heavy atom. The van der Waals surface area contributed by atoms with E-state index in [1.807, 2.05) is 0 Å². The summed E-state index contributed by atoms with van der Waals surface area (Å²) in [5, 5.41) is 8.85. The Kier molecular flexibility index (Phi) is 2.79. The monoisotopic (exact) mass is 238 g/mol. The van der Waals surface area contributed by atoms with Crippen LogP contribution in [0.5, 0.6) is 0 Å². The highest BCUT2D eigenvalue weighted by Gasteiger charge is 2.26. The van der Waals surface area contributed by atoms with Gasteiger partial charge in [0.15, 0.2) is 0 Å². The number of nitrogens with zero attached hydrogens (tertiary/aromatic N) is 2. The summed E-state index contributed by atoms with van der Waals surface area (Å²) in [6.45, 7) is 3.31. The maximum absolute atomic E-state index is 11.6. The van der Waals surface area contributed by atoms with Gasteiger partial charge in [0.1, 0.15) is 5.76 Å². The number of amides is 2. The first-order valence-corrected chi connectivity index (χ1v) is 5.31. The third kappa shape index (κ3) is 2.11. The average molecular weight is 238 g/mol. The van der Waals surface area contributed by atoms with E-state index in [1.165, 1.54) is 0 Å². The fraction of sp³-hybridized carbons (Fsp3) is 0.455. The largest absolute Gasteiger partial charge is 0.475 e. The topological polar surface area (TPSA) is 74.0 Å². The van der Waals surface area contributed by atoms with Crippen molar-refractivity contribution in [1.82, 2.24) is 9.80 Å². The molecule has 6 nitrogen and oxygen atoms in total. The predicted molar refractivity (Wildman–Crippen MR) is 58.8 cm³/mol. The van der Waals surface area contributed by atoms with Gasteiger partial charge in [-0.05, 0) is 13.0 Å². The molecule has 0 aromatic carbocycles. The zero-order chi connectivity index (χ0) is 12.6. The molecular formula is C11H14N2O4. The van der Waals surface area contributed by atoms with Crippen molar-refractivity contribution in [2.75, 3.05) is 20.1 Å². The van der Waals surface area contributed by atoms with E-state index in [1.54, 1.807) is 29.8 Å². The van der Waals surface area contributed by atoms with Crippen LogP contribution in [0.25, 0.3) is 0 Å². The van der Waals surface area contributed by atoms with Gasteiger partial charge in [-0.25, -0.2) is 9.59 Å².